The first-order valence-electron chi connectivity index (χ1n) is 19.9. The average Bonchev–Trinajstić information content (AvgIpc) is 3.42. The quantitative estimate of drug-likeness (QED) is 0.124. The van der Waals surface area contributed by atoms with Crippen molar-refractivity contribution in [3.8, 4) is 0 Å². The minimum atomic E-state index is -1.59. The molecule has 6 rings (SSSR count). The molecule has 4 aliphatic carbocycles. The van der Waals surface area contributed by atoms with Gasteiger partial charge < -0.3 is 70.0 Å². The number of rotatable bonds is 11. The number of hydrogen-bond acceptors (Lipinski definition) is 14. The first kappa shape index (κ1) is 41.8. The van der Waals surface area contributed by atoms with Gasteiger partial charge in [0, 0.05) is 11.8 Å². The maximum absolute atomic E-state index is 11.6. The van der Waals surface area contributed by atoms with E-state index < -0.39 is 104 Å². The first-order chi connectivity index (χ1) is 25.0. The fourth-order valence-electron chi connectivity index (χ4n) is 11.7. The molecule has 0 radical (unpaired) electrons. The third-order valence-corrected chi connectivity index (χ3v) is 14.7. The van der Waals surface area contributed by atoms with Crippen LogP contribution in [0.15, 0.2) is 11.6 Å². The van der Waals surface area contributed by atoms with Crippen LogP contribution in [0.5, 0.6) is 0 Å². The van der Waals surface area contributed by atoms with Gasteiger partial charge in [0.2, 0.25) is 0 Å². The molecule has 2 saturated heterocycles. The van der Waals surface area contributed by atoms with Crippen LogP contribution in [-0.2, 0) is 18.9 Å². The number of aliphatic hydroxyl groups is 10. The fraction of sp³-hybridized carbons (Fsp3) is 0.949. The Morgan fingerprint density at radius 3 is 1.92 bits per heavy atom. The molecule has 0 aromatic rings. The Hall–Kier alpha value is -0.820. The molecule has 4 unspecified atom stereocenters. The summed E-state index contributed by atoms with van der Waals surface area (Å²) in [4.78, 5) is 0. The van der Waals surface area contributed by atoms with Crippen molar-refractivity contribution in [3.05, 3.63) is 11.6 Å². The summed E-state index contributed by atoms with van der Waals surface area (Å²) in [6.07, 6.45) is -9.27. The van der Waals surface area contributed by atoms with Crippen LogP contribution in [0.1, 0.15) is 86.0 Å². The van der Waals surface area contributed by atoms with Crippen molar-refractivity contribution in [2.75, 3.05) is 13.2 Å². The summed E-state index contributed by atoms with van der Waals surface area (Å²) in [6, 6.07) is 0. The highest BCUT2D eigenvalue weighted by atomic mass is 16.7. The highest BCUT2D eigenvalue weighted by Crippen LogP contribution is 2.68. The van der Waals surface area contributed by atoms with E-state index in [0.717, 1.165) is 31.3 Å². The summed E-state index contributed by atoms with van der Waals surface area (Å²) in [6.45, 7) is 9.58. The van der Waals surface area contributed by atoms with E-state index in [0.29, 0.717) is 25.2 Å². The number of allylic oxidation sites excluding steroid dienone is 1. The van der Waals surface area contributed by atoms with Crippen molar-refractivity contribution in [3.63, 3.8) is 0 Å². The lowest BCUT2D eigenvalue weighted by atomic mass is 9.46. The van der Waals surface area contributed by atoms with Crippen molar-refractivity contribution in [1.29, 1.82) is 0 Å². The van der Waals surface area contributed by atoms with Gasteiger partial charge in [-0.25, -0.2) is 0 Å². The summed E-state index contributed by atoms with van der Waals surface area (Å²) in [5.74, 6) is 0.371. The molecule has 10 N–H and O–H groups in total. The SMILES string of the molecule is CC(C)CC[C@@H](O)[C@@H](C)[C@H]1C(O[C@H]2O[C@H](CO)[C@H](O)[C@H](O)[C@H]2O)CC2C3CC=C4C[C@@H](O)C[C@@H](O[C@H]5O[C@H](CO)[C@@H](O)[C@H](O)[C@H]5O)[C@]4(C)C3CC[C@@]21C. The fourth-order valence-corrected chi connectivity index (χ4v) is 11.7. The molecule has 53 heavy (non-hydrogen) atoms. The molecule has 0 bridgehead atoms. The van der Waals surface area contributed by atoms with Gasteiger partial charge in [0.1, 0.15) is 48.8 Å². The van der Waals surface area contributed by atoms with Gasteiger partial charge in [-0.15, -0.1) is 0 Å². The maximum atomic E-state index is 11.6. The van der Waals surface area contributed by atoms with E-state index >= 15 is 0 Å². The van der Waals surface area contributed by atoms with Gasteiger partial charge >= 0.3 is 0 Å². The summed E-state index contributed by atoms with van der Waals surface area (Å²) in [5.41, 5.74) is 0.176. The number of hydrogen-bond donors (Lipinski definition) is 10. The first-order valence-corrected chi connectivity index (χ1v) is 19.9. The van der Waals surface area contributed by atoms with Crippen LogP contribution in [-0.4, -0.2) is 150 Å². The van der Waals surface area contributed by atoms with Crippen LogP contribution in [0.3, 0.4) is 0 Å². The van der Waals surface area contributed by atoms with Crippen LogP contribution >= 0.6 is 0 Å². The summed E-state index contributed by atoms with van der Waals surface area (Å²) < 4.78 is 24.8. The van der Waals surface area contributed by atoms with Gasteiger partial charge in [-0.2, -0.15) is 0 Å². The van der Waals surface area contributed by atoms with Crippen molar-refractivity contribution in [1.82, 2.24) is 0 Å². The average molecular weight is 759 g/mol. The second kappa shape index (κ2) is 16.2. The number of ether oxygens (including phenoxy) is 4. The smallest absolute Gasteiger partial charge is 0.187 e. The monoisotopic (exact) mass is 758 g/mol. The predicted octanol–water partition coefficient (Wildman–Crippen LogP) is -0.0505. The van der Waals surface area contributed by atoms with E-state index in [1.807, 2.05) is 0 Å². The van der Waals surface area contributed by atoms with Crippen LogP contribution in [0, 0.1) is 46.3 Å². The van der Waals surface area contributed by atoms with Gasteiger partial charge in [0.15, 0.2) is 12.6 Å². The molecule has 0 aromatic heterocycles. The van der Waals surface area contributed by atoms with E-state index in [4.69, 9.17) is 18.9 Å². The molecular formula is C39H66O14. The van der Waals surface area contributed by atoms with Gasteiger partial charge in [-0.3, -0.25) is 0 Å². The lowest BCUT2D eigenvalue weighted by Crippen LogP contribution is -2.62. The summed E-state index contributed by atoms with van der Waals surface area (Å²) >= 11 is 0. The molecule has 0 aromatic carbocycles. The van der Waals surface area contributed by atoms with Crippen molar-refractivity contribution >= 4 is 0 Å². The molecule has 0 spiro atoms. The normalized spacial score (nSPS) is 51.2. The molecule has 0 amide bonds. The van der Waals surface area contributed by atoms with Crippen molar-refractivity contribution in [2.45, 2.75) is 172 Å². The van der Waals surface area contributed by atoms with E-state index in [1.54, 1.807) is 0 Å². The van der Waals surface area contributed by atoms with E-state index in [9.17, 15) is 51.1 Å². The molecule has 306 valence electrons. The van der Waals surface area contributed by atoms with Crippen molar-refractivity contribution in [2.24, 2.45) is 46.3 Å². The van der Waals surface area contributed by atoms with Crippen LogP contribution in [0.25, 0.3) is 0 Å². The van der Waals surface area contributed by atoms with Crippen LogP contribution in [0.2, 0.25) is 0 Å². The zero-order valence-corrected chi connectivity index (χ0v) is 31.8. The zero-order valence-electron chi connectivity index (χ0n) is 31.8. The molecule has 14 heteroatoms. The number of fused-ring (bicyclic) bond motifs is 5. The Kier molecular flexibility index (Phi) is 12.8. The van der Waals surface area contributed by atoms with Gasteiger partial charge in [0.05, 0.1) is 37.6 Å². The Morgan fingerprint density at radius 2 is 1.36 bits per heavy atom. The molecule has 6 aliphatic rings. The minimum absolute atomic E-state index is 0.0794. The maximum Gasteiger partial charge on any atom is 0.187 e. The van der Waals surface area contributed by atoms with E-state index in [-0.39, 0.29) is 41.4 Å². The number of aliphatic hydroxyl groups excluding tert-OH is 10. The molecular weight excluding hydrogens is 692 g/mol. The lowest BCUT2D eigenvalue weighted by Gasteiger charge is -2.60. The Balaban J connectivity index is 1.31. The molecule has 5 fully saturated rings. The van der Waals surface area contributed by atoms with Gasteiger partial charge in [-0.1, -0.05) is 46.3 Å². The standard InChI is InChI=1S/C39H66O14/c1-17(2)6-9-24(43)18(3)29-25(50-36-34(48)32(46)30(44)26(15-40)51-36)14-23-21-8-7-19-12-20(42)13-28(39(19,5)22(21)10-11-38(23,29)4)53-37-35(49)33(47)31(45)27(16-41)52-37/h7,17-18,20-37,40-49H,6,8-16H2,1-5H3/t18-,20-,21?,22?,23?,24-,25?,26-,27-,28-,29+,30+,31-,32+,33+,34-,35-,36+,37-,38+,39+/m1/s1. The Bertz CT molecular complexity index is 1260. The van der Waals surface area contributed by atoms with Crippen molar-refractivity contribution < 1.29 is 70.0 Å². The van der Waals surface area contributed by atoms with Crippen LogP contribution in [0.4, 0.5) is 0 Å². The highest BCUT2D eigenvalue weighted by molar-refractivity contribution is 5.28. The third kappa shape index (κ3) is 7.42. The second-order valence-corrected chi connectivity index (χ2v) is 18.1. The largest absolute Gasteiger partial charge is 0.394 e. The van der Waals surface area contributed by atoms with Gasteiger partial charge in [-0.05, 0) is 85.9 Å². The Labute approximate surface area is 312 Å². The second-order valence-electron chi connectivity index (χ2n) is 18.1. The van der Waals surface area contributed by atoms with E-state index in [1.165, 1.54) is 0 Å². The summed E-state index contributed by atoms with van der Waals surface area (Å²) in [5, 5.41) is 106. The predicted molar refractivity (Wildman–Crippen MR) is 188 cm³/mol. The third-order valence-electron chi connectivity index (χ3n) is 14.7. The topological polar surface area (TPSA) is 239 Å². The summed E-state index contributed by atoms with van der Waals surface area (Å²) in [7, 11) is 0. The highest BCUT2D eigenvalue weighted by Gasteiger charge is 2.65. The molecule has 14 nitrogen and oxygen atoms in total. The molecule has 21 atom stereocenters. The van der Waals surface area contributed by atoms with E-state index in [2.05, 4.69) is 40.7 Å². The molecule has 3 saturated carbocycles. The minimum Gasteiger partial charge on any atom is -0.394 e. The van der Waals surface area contributed by atoms with Crippen LogP contribution < -0.4 is 0 Å². The zero-order chi connectivity index (χ0) is 38.7. The lowest BCUT2D eigenvalue weighted by molar-refractivity contribution is -0.324. The molecule has 2 heterocycles. The van der Waals surface area contributed by atoms with Gasteiger partial charge in [0.25, 0.3) is 0 Å². The molecule has 2 aliphatic heterocycles. The Morgan fingerprint density at radius 1 is 0.774 bits per heavy atom.